The Morgan fingerprint density at radius 3 is 2.25 bits per heavy atom. The molecule has 86 valence electrons. The Morgan fingerprint density at radius 2 is 1.69 bits per heavy atom. The zero-order chi connectivity index (χ0) is 11.6. The molecule has 0 radical (unpaired) electrons. The Hall–Kier alpha value is -1.54. The molecule has 0 unspecified atom stereocenters. The molecule has 2 heteroatoms. The molecule has 0 amide bonds. The van der Waals surface area contributed by atoms with E-state index in [2.05, 4.69) is 13.2 Å². The maximum absolute atomic E-state index is 5.64. The van der Waals surface area contributed by atoms with Crippen LogP contribution in [0.1, 0.15) is 0 Å². The Balaban J connectivity index is 2.27. The smallest absolute Gasteiger partial charge is 0.137 e. The van der Waals surface area contributed by atoms with Gasteiger partial charge >= 0.3 is 0 Å². The summed E-state index contributed by atoms with van der Waals surface area (Å²) < 4.78 is 5.64. The molecule has 0 atom stereocenters. The van der Waals surface area contributed by atoms with Gasteiger partial charge < -0.3 is 9.64 Å². The van der Waals surface area contributed by atoms with Gasteiger partial charge in [0, 0.05) is 0 Å². The first-order valence-electron chi connectivity index (χ1n) is 5.60. The Morgan fingerprint density at radius 1 is 1.06 bits per heavy atom. The second kappa shape index (κ2) is 7.71. The quantitative estimate of drug-likeness (QED) is 0.650. The largest absolute Gasteiger partial charge is 0.488 e. The van der Waals surface area contributed by atoms with Crippen molar-refractivity contribution in [3.63, 3.8) is 0 Å². The van der Waals surface area contributed by atoms with Gasteiger partial charge in [0.1, 0.15) is 18.9 Å². The molecule has 0 fully saturated rings. The maximum Gasteiger partial charge on any atom is 0.137 e. The zero-order valence-electron chi connectivity index (χ0n) is 9.69. The van der Waals surface area contributed by atoms with Gasteiger partial charge in [-0.3, -0.25) is 0 Å². The number of benzene rings is 1. The molecule has 1 aromatic carbocycles. The van der Waals surface area contributed by atoms with Crippen molar-refractivity contribution in [1.29, 1.82) is 0 Å². The van der Waals surface area contributed by atoms with Crippen LogP contribution in [0.15, 0.2) is 55.6 Å². The van der Waals surface area contributed by atoms with Crippen molar-refractivity contribution in [2.45, 2.75) is 0 Å². The van der Waals surface area contributed by atoms with Crippen molar-refractivity contribution in [2.24, 2.45) is 0 Å². The fourth-order valence-electron chi connectivity index (χ4n) is 1.53. The van der Waals surface area contributed by atoms with Crippen LogP contribution in [0.4, 0.5) is 0 Å². The van der Waals surface area contributed by atoms with E-state index in [0.717, 1.165) is 32.0 Å². The summed E-state index contributed by atoms with van der Waals surface area (Å²) in [6.07, 6.45) is 3.86. The summed E-state index contributed by atoms with van der Waals surface area (Å²) in [5, 5.41) is 0. The predicted octanol–water partition coefficient (Wildman–Crippen LogP) is 1.32. The van der Waals surface area contributed by atoms with Gasteiger partial charge in [-0.25, -0.2) is 0 Å². The fraction of sp³-hybridized carbons (Fsp3) is 0.286. The lowest BCUT2D eigenvalue weighted by Crippen LogP contribution is -3.12. The molecule has 1 aromatic rings. The molecular weight excluding hydrogens is 198 g/mol. The van der Waals surface area contributed by atoms with Crippen molar-refractivity contribution in [2.75, 3.05) is 26.2 Å². The summed E-state index contributed by atoms with van der Waals surface area (Å²) in [4.78, 5) is 1.42. The summed E-state index contributed by atoms with van der Waals surface area (Å²) >= 11 is 0. The fourth-order valence-corrected chi connectivity index (χ4v) is 1.53. The topological polar surface area (TPSA) is 13.7 Å². The van der Waals surface area contributed by atoms with Gasteiger partial charge in [0.25, 0.3) is 0 Å². The third kappa shape index (κ3) is 4.80. The van der Waals surface area contributed by atoms with E-state index < -0.39 is 0 Å². The molecule has 2 nitrogen and oxygen atoms in total. The molecule has 0 aromatic heterocycles. The van der Waals surface area contributed by atoms with Gasteiger partial charge in [0.05, 0.1) is 13.1 Å². The van der Waals surface area contributed by atoms with Gasteiger partial charge in [0.15, 0.2) is 0 Å². The Kier molecular flexibility index (Phi) is 6.04. The molecule has 0 aliphatic heterocycles. The first-order valence-corrected chi connectivity index (χ1v) is 5.60. The average Bonchev–Trinajstić information content (AvgIpc) is 2.31. The molecule has 1 rings (SSSR count). The van der Waals surface area contributed by atoms with E-state index in [0.29, 0.717) is 0 Å². The van der Waals surface area contributed by atoms with Crippen LogP contribution < -0.4 is 9.64 Å². The van der Waals surface area contributed by atoms with Crippen molar-refractivity contribution >= 4 is 0 Å². The highest BCUT2D eigenvalue weighted by atomic mass is 16.5. The van der Waals surface area contributed by atoms with Crippen molar-refractivity contribution in [1.82, 2.24) is 0 Å². The van der Waals surface area contributed by atoms with E-state index in [9.17, 15) is 0 Å². The SMILES string of the molecule is C=CC[NH+](CC=C)CCOc1ccccc1. The van der Waals surface area contributed by atoms with Crippen molar-refractivity contribution in [3.05, 3.63) is 55.6 Å². The lowest BCUT2D eigenvalue weighted by molar-refractivity contribution is -0.888. The number of nitrogens with one attached hydrogen (secondary N) is 1. The molecule has 0 heterocycles. The average molecular weight is 218 g/mol. The zero-order valence-corrected chi connectivity index (χ0v) is 9.69. The van der Waals surface area contributed by atoms with Crippen LogP contribution in [0.2, 0.25) is 0 Å². The minimum atomic E-state index is 0.723. The first-order chi connectivity index (χ1) is 7.86. The molecule has 16 heavy (non-hydrogen) atoms. The van der Waals surface area contributed by atoms with Crippen LogP contribution in [-0.2, 0) is 0 Å². The van der Waals surface area contributed by atoms with Crippen LogP contribution >= 0.6 is 0 Å². The summed E-state index contributed by atoms with van der Waals surface area (Å²) in [6, 6.07) is 9.89. The minimum absolute atomic E-state index is 0.723. The van der Waals surface area contributed by atoms with Crippen LogP contribution in [0.25, 0.3) is 0 Å². The van der Waals surface area contributed by atoms with Crippen LogP contribution in [0, 0.1) is 0 Å². The maximum atomic E-state index is 5.64. The third-order valence-corrected chi connectivity index (χ3v) is 2.33. The van der Waals surface area contributed by atoms with E-state index in [-0.39, 0.29) is 0 Å². The lowest BCUT2D eigenvalue weighted by atomic mass is 10.3. The van der Waals surface area contributed by atoms with Crippen LogP contribution in [0.5, 0.6) is 5.75 Å². The summed E-state index contributed by atoms with van der Waals surface area (Å²) in [7, 11) is 0. The summed E-state index contributed by atoms with van der Waals surface area (Å²) in [6.45, 7) is 11.1. The molecule has 0 saturated carbocycles. The van der Waals surface area contributed by atoms with Gasteiger partial charge in [0.2, 0.25) is 0 Å². The highest BCUT2D eigenvalue weighted by molar-refractivity contribution is 5.20. The normalized spacial score (nSPS) is 10.1. The van der Waals surface area contributed by atoms with Gasteiger partial charge in [-0.15, -0.1) is 0 Å². The van der Waals surface area contributed by atoms with E-state index in [1.165, 1.54) is 4.90 Å². The van der Waals surface area contributed by atoms with E-state index in [1.54, 1.807) is 0 Å². The standard InChI is InChI=1S/C14H19NO/c1-3-10-15(11-4-2)12-13-16-14-8-6-5-7-9-14/h3-9H,1-2,10-13H2/p+1. The molecule has 0 aliphatic rings. The number of rotatable bonds is 8. The van der Waals surface area contributed by atoms with E-state index >= 15 is 0 Å². The highest BCUT2D eigenvalue weighted by Gasteiger charge is 2.03. The van der Waals surface area contributed by atoms with Crippen molar-refractivity contribution in [3.8, 4) is 5.75 Å². The predicted molar refractivity (Wildman–Crippen MR) is 67.9 cm³/mol. The Labute approximate surface area is 97.8 Å². The molecule has 0 saturated heterocycles. The summed E-state index contributed by atoms with van der Waals surface area (Å²) in [5.41, 5.74) is 0. The van der Waals surface area contributed by atoms with Crippen LogP contribution in [0.3, 0.4) is 0 Å². The molecule has 0 aliphatic carbocycles. The van der Waals surface area contributed by atoms with E-state index in [4.69, 9.17) is 4.74 Å². The molecule has 0 bridgehead atoms. The number of ether oxygens (including phenoxy) is 1. The van der Waals surface area contributed by atoms with Gasteiger partial charge in [-0.1, -0.05) is 31.4 Å². The number of hydrogen-bond donors (Lipinski definition) is 1. The highest BCUT2D eigenvalue weighted by Crippen LogP contribution is 2.06. The number of para-hydroxylation sites is 1. The monoisotopic (exact) mass is 218 g/mol. The van der Waals surface area contributed by atoms with Crippen molar-refractivity contribution < 1.29 is 9.64 Å². The lowest BCUT2D eigenvalue weighted by Gasteiger charge is -2.16. The van der Waals surface area contributed by atoms with Crippen LogP contribution in [-0.4, -0.2) is 26.2 Å². The second-order valence-electron chi connectivity index (χ2n) is 3.65. The molecular formula is C14H20NO+. The van der Waals surface area contributed by atoms with Gasteiger partial charge in [-0.2, -0.15) is 0 Å². The number of quaternary nitrogens is 1. The molecule has 0 spiro atoms. The second-order valence-corrected chi connectivity index (χ2v) is 3.65. The summed E-state index contributed by atoms with van der Waals surface area (Å²) in [5.74, 6) is 0.930. The number of hydrogen-bond acceptors (Lipinski definition) is 1. The molecule has 1 N–H and O–H groups in total. The van der Waals surface area contributed by atoms with Gasteiger partial charge in [-0.05, 0) is 24.3 Å². The van der Waals surface area contributed by atoms with E-state index in [1.807, 2.05) is 42.5 Å². The Bertz CT molecular complexity index is 298. The minimum Gasteiger partial charge on any atom is -0.488 e. The third-order valence-electron chi connectivity index (χ3n) is 2.33. The first kappa shape index (κ1) is 12.5.